The lowest BCUT2D eigenvalue weighted by molar-refractivity contribution is 0.0954. The van der Waals surface area contributed by atoms with Crippen molar-refractivity contribution < 1.29 is 14.3 Å². The van der Waals surface area contributed by atoms with Crippen molar-refractivity contribution >= 4 is 23.2 Å². The highest BCUT2D eigenvalue weighted by Gasteiger charge is 2.49. The van der Waals surface area contributed by atoms with Gasteiger partial charge >= 0.3 is 0 Å². The van der Waals surface area contributed by atoms with Gasteiger partial charge in [-0.15, -0.1) is 0 Å². The van der Waals surface area contributed by atoms with E-state index in [1.165, 1.54) is 5.56 Å². The number of hydrogen-bond donors (Lipinski definition) is 1. The largest absolute Gasteiger partial charge is 0.493 e. The lowest BCUT2D eigenvalue weighted by Gasteiger charge is -2.42. The summed E-state index contributed by atoms with van der Waals surface area (Å²) in [7, 11) is 5.50. The Morgan fingerprint density at radius 2 is 1.87 bits per heavy atom. The first kappa shape index (κ1) is 21.7. The normalized spacial score (nSPS) is 24.6. The average Bonchev–Trinajstić information content (AvgIpc) is 3.14. The van der Waals surface area contributed by atoms with Crippen LogP contribution in [0.15, 0.2) is 47.6 Å². The molecule has 0 aromatic heterocycles. The Morgan fingerprint density at radius 3 is 2.58 bits per heavy atom. The van der Waals surface area contributed by atoms with Gasteiger partial charge in [-0.05, 0) is 74.8 Å². The molecule has 2 aromatic rings. The molecule has 0 spiro atoms. The minimum Gasteiger partial charge on any atom is -0.493 e. The Labute approximate surface area is 188 Å². The van der Waals surface area contributed by atoms with Crippen molar-refractivity contribution in [3.05, 3.63) is 58.6 Å². The van der Waals surface area contributed by atoms with E-state index >= 15 is 0 Å². The number of likely N-dealkylation sites (tertiary alicyclic amines) is 1. The highest BCUT2D eigenvalue weighted by atomic mass is 35.5. The van der Waals surface area contributed by atoms with Crippen LogP contribution < -0.4 is 14.9 Å². The SMILES string of the molecule is COc1ccc([C@@]23CC/C(=N\NC(=O)c4ccc(Cl)cc4)C[C@@H]2N(C)CC3)cc1OC. The average molecular weight is 442 g/mol. The molecule has 2 atom stereocenters. The maximum Gasteiger partial charge on any atom is 0.271 e. The lowest BCUT2D eigenvalue weighted by atomic mass is 9.65. The summed E-state index contributed by atoms with van der Waals surface area (Å²) in [6, 6.07) is 13.4. The van der Waals surface area contributed by atoms with E-state index in [2.05, 4.69) is 34.6 Å². The van der Waals surface area contributed by atoms with E-state index in [1.807, 2.05) is 6.07 Å². The molecule has 4 rings (SSSR count). The molecule has 2 aromatic carbocycles. The van der Waals surface area contributed by atoms with Crippen LogP contribution in [0.25, 0.3) is 0 Å². The zero-order valence-electron chi connectivity index (χ0n) is 18.2. The molecule has 2 aliphatic rings. The van der Waals surface area contributed by atoms with Gasteiger partial charge in [0, 0.05) is 34.2 Å². The number of carbonyl (C=O) groups is 1. The molecule has 0 unspecified atom stereocenters. The second-order valence-electron chi connectivity index (χ2n) is 8.30. The van der Waals surface area contributed by atoms with Crippen molar-refractivity contribution in [3.63, 3.8) is 0 Å². The number of methoxy groups -OCH3 is 2. The lowest BCUT2D eigenvalue weighted by Crippen LogP contribution is -2.46. The maximum atomic E-state index is 12.4. The molecule has 1 N–H and O–H groups in total. The van der Waals surface area contributed by atoms with Gasteiger partial charge in [0.15, 0.2) is 11.5 Å². The van der Waals surface area contributed by atoms with Gasteiger partial charge in [0.1, 0.15) is 0 Å². The number of halogens is 1. The fourth-order valence-corrected chi connectivity index (χ4v) is 5.11. The van der Waals surface area contributed by atoms with Crippen LogP contribution in [0.4, 0.5) is 0 Å². The summed E-state index contributed by atoms with van der Waals surface area (Å²) in [6.45, 7) is 1.03. The van der Waals surface area contributed by atoms with Crippen LogP contribution in [-0.2, 0) is 5.41 Å². The van der Waals surface area contributed by atoms with Gasteiger partial charge in [0.2, 0.25) is 0 Å². The Morgan fingerprint density at radius 1 is 1.13 bits per heavy atom. The number of amides is 1. The molecule has 31 heavy (non-hydrogen) atoms. The minimum atomic E-state index is -0.222. The van der Waals surface area contributed by atoms with Crippen molar-refractivity contribution in [1.29, 1.82) is 0 Å². The molecular weight excluding hydrogens is 414 g/mol. The quantitative estimate of drug-likeness (QED) is 0.704. The smallest absolute Gasteiger partial charge is 0.271 e. The van der Waals surface area contributed by atoms with Crippen molar-refractivity contribution in [1.82, 2.24) is 10.3 Å². The molecule has 164 valence electrons. The van der Waals surface area contributed by atoms with E-state index in [-0.39, 0.29) is 11.3 Å². The van der Waals surface area contributed by atoms with Crippen LogP contribution in [0.5, 0.6) is 11.5 Å². The van der Waals surface area contributed by atoms with Crippen molar-refractivity contribution in [3.8, 4) is 11.5 Å². The van der Waals surface area contributed by atoms with E-state index in [0.29, 0.717) is 16.6 Å². The minimum absolute atomic E-state index is 0.0491. The van der Waals surface area contributed by atoms with Crippen molar-refractivity contribution in [2.24, 2.45) is 5.10 Å². The first-order valence-electron chi connectivity index (χ1n) is 10.5. The van der Waals surface area contributed by atoms with Crippen molar-refractivity contribution in [2.75, 3.05) is 27.8 Å². The van der Waals surface area contributed by atoms with Gasteiger partial charge in [-0.3, -0.25) is 4.79 Å². The van der Waals surface area contributed by atoms with Crippen LogP contribution in [0.1, 0.15) is 41.6 Å². The van der Waals surface area contributed by atoms with E-state index in [9.17, 15) is 4.79 Å². The van der Waals surface area contributed by atoms with Crippen LogP contribution >= 0.6 is 11.6 Å². The van der Waals surface area contributed by atoms with Gasteiger partial charge in [0.25, 0.3) is 5.91 Å². The summed E-state index contributed by atoms with van der Waals surface area (Å²) in [5, 5.41) is 5.08. The van der Waals surface area contributed by atoms with E-state index in [1.54, 1.807) is 38.5 Å². The Kier molecular flexibility index (Phi) is 6.21. The third kappa shape index (κ3) is 4.14. The second kappa shape index (κ2) is 8.89. The maximum absolute atomic E-state index is 12.4. The zero-order chi connectivity index (χ0) is 22.0. The van der Waals surface area contributed by atoms with Crippen LogP contribution in [0.3, 0.4) is 0 Å². The number of hydrazone groups is 1. The fourth-order valence-electron chi connectivity index (χ4n) is 4.98. The van der Waals surface area contributed by atoms with Gasteiger partial charge in [0.05, 0.1) is 14.2 Å². The molecule has 1 saturated carbocycles. The summed E-state index contributed by atoms with van der Waals surface area (Å²) in [6.07, 6.45) is 3.74. The number of benzene rings is 2. The van der Waals surface area contributed by atoms with Crippen LogP contribution in [0.2, 0.25) is 5.02 Å². The van der Waals surface area contributed by atoms with E-state index in [4.69, 9.17) is 21.1 Å². The standard InChI is InChI=1S/C24H28ClN3O3/c1-28-13-12-24(17-6-9-20(30-2)21(14-17)31-3)11-10-19(15-22(24)28)26-27-23(29)16-4-7-18(25)8-5-16/h4-9,14,22H,10-13,15H2,1-3H3,(H,27,29)/b26-19+/t22-,24-/m0/s1. The molecule has 1 aliphatic heterocycles. The monoisotopic (exact) mass is 441 g/mol. The fraction of sp³-hybridized carbons (Fsp3) is 0.417. The number of nitrogens with one attached hydrogen (secondary N) is 1. The third-order valence-electron chi connectivity index (χ3n) is 6.75. The van der Waals surface area contributed by atoms with Crippen LogP contribution in [0, 0.1) is 0 Å². The van der Waals surface area contributed by atoms with Crippen molar-refractivity contribution in [2.45, 2.75) is 37.1 Å². The van der Waals surface area contributed by atoms with E-state index in [0.717, 1.165) is 49.4 Å². The van der Waals surface area contributed by atoms with Gasteiger partial charge in [-0.1, -0.05) is 17.7 Å². The molecule has 1 saturated heterocycles. The third-order valence-corrected chi connectivity index (χ3v) is 7.00. The number of rotatable bonds is 5. The van der Waals surface area contributed by atoms with Gasteiger partial charge in [-0.25, -0.2) is 5.43 Å². The molecule has 2 fully saturated rings. The Bertz CT molecular complexity index is 992. The zero-order valence-corrected chi connectivity index (χ0v) is 18.9. The summed E-state index contributed by atoms with van der Waals surface area (Å²) in [5.74, 6) is 1.28. The predicted molar refractivity (Wildman–Crippen MR) is 122 cm³/mol. The predicted octanol–water partition coefficient (Wildman–Crippen LogP) is 4.27. The molecule has 1 heterocycles. The van der Waals surface area contributed by atoms with Crippen LogP contribution in [-0.4, -0.2) is 50.4 Å². The topological polar surface area (TPSA) is 63.2 Å². The summed E-state index contributed by atoms with van der Waals surface area (Å²) in [4.78, 5) is 14.8. The number of fused-ring (bicyclic) bond motifs is 1. The Hall–Kier alpha value is -2.57. The number of hydrogen-bond acceptors (Lipinski definition) is 5. The molecule has 6 nitrogen and oxygen atoms in total. The molecule has 0 bridgehead atoms. The van der Waals surface area contributed by atoms with Gasteiger partial charge in [-0.2, -0.15) is 5.10 Å². The number of ether oxygens (including phenoxy) is 2. The highest BCUT2D eigenvalue weighted by molar-refractivity contribution is 6.30. The summed E-state index contributed by atoms with van der Waals surface area (Å²) in [5.41, 5.74) is 5.62. The van der Waals surface area contributed by atoms with E-state index < -0.39 is 0 Å². The molecule has 1 aliphatic carbocycles. The molecule has 0 radical (unpaired) electrons. The van der Waals surface area contributed by atoms with Gasteiger partial charge < -0.3 is 14.4 Å². The first-order valence-corrected chi connectivity index (χ1v) is 10.9. The molecule has 1 amide bonds. The number of likely N-dealkylation sites (N-methyl/N-ethyl adjacent to an activating group) is 1. The summed E-state index contributed by atoms with van der Waals surface area (Å²) < 4.78 is 11.0. The second-order valence-corrected chi connectivity index (χ2v) is 8.74. The molecular formula is C24H28ClN3O3. The summed E-state index contributed by atoms with van der Waals surface area (Å²) >= 11 is 5.90. The highest BCUT2D eigenvalue weighted by Crippen LogP contribution is 2.49. The Balaban J connectivity index is 1.53. The number of nitrogens with zero attached hydrogens (tertiary/aromatic N) is 2. The number of carbonyl (C=O) groups excluding carboxylic acids is 1. The molecule has 7 heteroatoms. The first-order chi connectivity index (χ1) is 15.0.